The number of halogens is 6. The van der Waals surface area contributed by atoms with Crippen LogP contribution in [0.4, 0.5) is 32.0 Å². The lowest BCUT2D eigenvalue weighted by molar-refractivity contribution is -0.143. The minimum absolute atomic E-state index is 0.116. The molecular formula is C16H11F6NO4S. The molecule has 0 radical (unpaired) electrons. The fourth-order valence-corrected chi connectivity index (χ4v) is 3.52. The lowest BCUT2D eigenvalue weighted by Crippen LogP contribution is -2.18. The van der Waals surface area contributed by atoms with Crippen molar-refractivity contribution >= 4 is 15.7 Å². The van der Waals surface area contributed by atoms with E-state index in [-0.39, 0.29) is 42.8 Å². The summed E-state index contributed by atoms with van der Waals surface area (Å²) in [6, 6.07) is 3.93. The Morgan fingerprint density at radius 3 is 1.86 bits per heavy atom. The molecular weight excluding hydrogens is 416 g/mol. The third-order valence-corrected chi connectivity index (χ3v) is 5.03. The Morgan fingerprint density at radius 2 is 1.32 bits per heavy atom. The summed E-state index contributed by atoms with van der Waals surface area (Å²) in [5.74, 6) is 0.513. The van der Waals surface area contributed by atoms with E-state index in [9.17, 15) is 34.8 Å². The van der Waals surface area contributed by atoms with Crippen LogP contribution in [0.25, 0.3) is 0 Å². The Balaban J connectivity index is 2.01. The van der Waals surface area contributed by atoms with Crippen molar-refractivity contribution in [1.29, 1.82) is 0 Å². The number of anilines is 1. The first-order chi connectivity index (χ1) is 12.9. The van der Waals surface area contributed by atoms with Gasteiger partial charge in [0.05, 0.1) is 21.7 Å². The number of fused-ring (bicyclic) bond motifs is 1. The van der Waals surface area contributed by atoms with Crippen LogP contribution in [-0.4, -0.2) is 21.6 Å². The summed E-state index contributed by atoms with van der Waals surface area (Å²) in [5.41, 5.74) is -3.58. The van der Waals surface area contributed by atoms with E-state index in [1.54, 1.807) is 0 Å². The Kier molecular flexibility index (Phi) is 4.86. The van der Waals surface area contributed by atoms with Gasteiger partial charge in [0.1, 0.15) is 13.2 Å². The first kappa shape index (κ1) is 20.1. The molecule has 0 saturated heterocycles. The van der Waals surface area contributed by atoms with Crippen molar-refractivity contribution in [1.82, 2.24) is 0 Å². The zero-order chi connectivity index (χ0) is 20.7. The molecule has 2 aromatic rings. The van der Waals surface area contributed by atoms with E-state index in [1.807, 2.05) is 4.72 Å². The highest BCUT2D eigenvalue weighted by atomic mass is 32.2. The van der Waals surface area contributed by atoms with E-state index >= 15 is 0 Å². The van der Waals surface area contributed by atoms with E-state index < -0.39 is 38.4 Å². The monoisotopic (exact) mass is 427 g/mol. The van der Waals surface area contributed by atoms with Gasteiger partial charge in [0.2, 0.25) is 0 Å². The number of alkyl halides is 6. The number of nitrogens with one attached hydrogen (secondary N) is 1. The second-order valence-corrected chi connectivity index (χ2v) is 7.39. The van der Waals surface area contributed by atoms with Crippen LogP contribution in [-0.2, 0) is 22.4 Å². The molecule has 0 fully saturated rings. The highest BCUT2D eigenvalue weighted by Crippen LogP contribution is 2.38. The number of hydrogen-bond acceptors (Lipinski definition) is 4. The molecule has 0 aromatic heterocycles. The number of hydrogen-bond donors (Lipinski definition) is 1. The van der Waals surface area contributed by atoms with E-state index in [4.69, 9.17) is 9.47 Å². The summed E-state index contributed by atoms with van der Waals surface area (Å²) in [6.45, 7) is 0.480. The van der Waals surface area contributed by atoms with Crippen LogP contribution in [0.1, 0.15) is 11.1 Å². The minimum Gasteiger partial charge on any atom is -0.486 e. The van der Waals surface area contributed by atoms with Crippen LogP contribution in [0.15, 0.2) is 41.3 Å². The molecule has 1 aliphatic heterocycles. The summed E-state index contributed by atoms with van der Waals surface area (Å²) in [5, 5.41) is 0. The van der Waals surface area contributed by atoms with Crippen LogP contribution in [0.5, 0.6) is 11.5 Å². The minimum atomic E-state index is -5.16. The highest BCUT2D eigenvalue weighted by Gasteiger charge is 2.38. The molecule has 5 nitrogen and oxygen atoms in total. The third-order valence-electron chi connectivity index (χ3n) is 3.67. The van der Waals surface area contributed by atoms with Crippen molar-refractivity contribution in [3.63, 3.8) is 0 Å². The molecule has 0 atom stereocenters. The highest BCUT2D eigenvalue weighted by molar-refractivity contribution is 7.92. The van der Waals surface area contributed by atoms with Crippen molar-refractivity contribution < 1.29 is 44.2 Å². The molecule has 0 unspecified atom stereocenters. The summed E-state index contributed by atoms with van der Waals surface area (Å²) in [7, 11) is -4.75. The Morgan fingerprint density at radius 1 is 0.786 bits per heavy atom. The van der Waals surface area contributed by atoms with Crippen molar-refractivity contribution in [3.05, 3.63) is 47.5 Å². The first-order valence-electron chi connectivity index (χ1n) is 7.58. The topological polar surface area (TPSA) is 64.6 Å². The molecule has 0 spiro atoms. The second kappa shape index (κ2) is 6.76. The van der Waals surface area contributed by atoms with Gasteiger partial charge in [-0.3, -0.25) is 4.72 Å². The summed E-state index contributed by atoms with van der Waals surface area (Å²) < 4.78 is 115. The predicted molar refractivity (Wildman–Crippen MR) is 84.7 cm³/mol. The molecule has 0 amide bonds. The largest absolute Gasteiger partial charge is 0.486 e. The van der Waals surface area contributed by atoms with Crippen molar-refractivity contribution in [2.45, 2.75) is 17.2 Å². The number of ether oxygens (including phenoxy) is 2. The average molecular weight is 427 g/mol. The van der Waals surface area contributed by atoms with Gasteiger partial charge in [0, 0.05) is 6.07 Å². The van der Waals surface area contributed by atoms with E-state index in [1.165, 1.54) is 18.2 Å². The van der Waals surface area contributed by atoms with Gasteiger partial charge in [-0.25, -0.2) is 8.42 Å². The van der Waals surface area contributed by atoms with Gasteiger partial charge in [-0.2, -0.15) is 26.3 Å². The Bertz CT molecular complexity index is 969. The zero-order valence-electron chi connectivity index (χ0n) is 13.7. The van der Waals surface area contributed by atoms with Gasteiger partial charge < -0.3 is 9.47 Å². The van der Waals surface area contributed by atoms with Gasteiger partial charge in [-0.1, -0.05) is 0 Å². The second-order valence-electron chi connectivity index (χ2n) is 5.71. The summed E-state index contributed by atoms with van der Waals surface area (Å²) in [4.78, 5) is -1.18. The molecule has 1 aliphatic rings. The number of benzene rings is 2. The van der Waals surface area contributed by atoms with Gasteiger partial charge in [-0.05, 0) is 30.3 Å². The third kappa shape index (κ3) is 4.26. The van der Waals surface area contributed by atoms with Gasteiger partial charge in [0.25, 0.3) is 10.0 Å². The summed E-state index contributed by atoms with van der Waals surface area (Å²) >= 11 is 0. The molecule has 0 saturated carbocycles. The lowest BCUT2D eigenvalue weighted by atomic mass is 10.1. The fourth-order valence-electron chi connectivity index (χ4n) is 2.40. The number of sulfonamides is 1. The quantitative estimate of drug-likeness (QED) is 0.743. The maximum absolute atomic E-state index is 12.9. The van der Waals surface area contributed by atoms with Gasteiger partial charge >= 0.3 is 12.4 Å². The fraction of sp³-hybridized carbons (Fsp3) is 0.250. The molecule has 152 valence electrons. The lowest BCUT2D eigenvalue weighted by Gasteiger charge is -2.19. The molecule has 0 bridgehead atoms. The molecule has 2 aromatic carbocycles. The standard InChI is InChI=1S/C16H11F6NO4S/c17-15(18,19)9-5-10(16(20,21)22)7-12(6-9)28(24,25)23-11-1-2-13-14(8-11)27-4-3-26-13/h1-2,5-8,23H,3-4H2. The Hall–Kier alpha value is -2.63. The van der Waals surface area contributed by atoms with Crippen LogP contribution in [0, 0.1) is 0 Å². The summed E-state index contributed by atoms with van der Waals surface area (Å²) in [6.07, 6.45) is -10.3. The van der Waals surface area contributed by atoms with Crippen LogP contribution in [0.3, 0.4) is 0 Å². The molecule has 0 aliphatic carbocycles. The van der Waals surface area contributed by atoms with Crippen molar-refractivity contribution in [3.8, 4) is 11.5 Å². The van der Waals surface area contributed by atoms with Crippen molar-refractivity contribution in [2.75, 3.05) is 17.9 Å². The molecule has 28 heavy (non-hydrogen) atoms. The van der Waals surface area contributed by atoms with Crippen LogP contribution >= 0.6 is 0 Å². The average Bonchev–Trinajstić information content (AvgIpc) is 2.59. The maximum Gasteiger partial charge on any atom is 0.416 e. The van der Waals surface area contributed by atoms with Crippen molar-refractivity contribution in [2.24, 2.45) is 0 Å². The smallest absolute Gasteiger partial charge is 0.416 e. The molecule has 1 N–H and O–H groups in total. The SMILES string of the molecule is O=S(=O)(Nc1ccc2c(c1)OCCO2)c1cc(C(F)(F)F)cc(C(F)(F)F)c1. The zero-order valence-corrected chi connectivity index (χ0v) is 14.5. The van der Waals surface area contributed by atoms with Gasteiger partial charge in [0.15, 0.2) is 11.5 Å². The van der Waals surface area contributed by atoms with E-state index in [0.29, 0.717) is 5.75 Å². The molecule has 1 heterocycles. The first-order valence-corrected chi connectivity index (χ1v) is 9.06. The molecule has 3 rings (SSSR count). The van der Waals surface area contributed by atoms with E-state index in [0.717, 1.165) is 0 Å². The van der Waals surface area contributed by atoms with Gasteiger partial charge in [-0.15, -0.1) is 0 Å². The molecule has 12 heteroatoms. The van der Waals surface area contributed by atoms with Crippen LogP contribution in [0.2, 0.25) is 0 Å². The number of rotatable bonds is 3. The van der Waals surface area contributed by atoms with Crippen LogP contribution < -0.4 is 14.2 Å². The van der Waals surface area contributed by atoms with E-state index in [2.05, 4.69) is 0 Å². The normalized spacial score (nSPS) is 14.6. The Labute approximate surface area is 154 Å². The maximum atomic E-state index is 12.9. The predicted octanol–water partition coefficient (Wildman–Crippen LogP) is 4.30.